The Kier molecular flexibility index (Phi) is 4.38. The van der Waals surface area contributed by atoms with Crippen LogP contribution in [0, 0.1) is 0 Å². The van der Waals surface area contributed by atoms with Gasteiger partial charge in [0.15, 0.2) is 0 Å². The van der Waals surface area contributed by atoms with Gasteiger partial charge < -0.3 is 5.73 Å². The maximum Gasteiger partial charge on any atom is 0.242 e. The van der Waals surface area contributed by atoms with Crippen LogP contribution in [0.2, 0.25) is 0 Å². The molecule has 106 valence electrons. The van der Waals surface area contributed by atoms with Gasteiger partial charge in [-0.1, -0.05) is 6.92 Å². The van der Waals surface area contributed by atoms with E-state index in [-0.39, 0.29) is 4.90 Å². The van der Waals surface area contributed by atoms with Gasteiger partial charge in [0.2, 0.25) is 10.0 Å². The zero-order valence-electron chi connectivity index (χ0n) is 11.0. The monoisotopic (exact) mass is 284 g/mol. The van der Waals surface area contributed by atoms with Crippen molar-refractivity contribution in [2.24, 2.45) is 0 Å². The highest BCUT2D eigenvalue weighted by atomic mass is 32.2. The highest BCUT2D eigenvalue weighted by molar-refractivity contribution is 7.89. The first kappa shape index (κ1) is 14.2. The van der Waals surface area contributed by atoms with Gasteiger partial charge in [0.1, 0.15) is 10.7 Å². The molecule has 3 N–H and O–H groups in total. The summed E-state index contributed by atoms with van der Waals surface area (Å²) < 4.78 is 26.6. The van der Waals surface area contributed by atoms with Gasteiger partial charge in [-0.25, -0.2) is 18.1 Å². The van der Waals surface area contributed by atoms with Gasteiger partial charge in [-0.2, -0.15) is 0 Å². The molecule has 1 aliphatic rings. The molecule has 1 heterocycles. The van der Waals surface area contributed by atoms with Crippen molar-refractivity contribution in [1.82, 2.24) is 14.6 Å². The molecule has 1 fully saturated rings. The maximum atomic E-state index is 12.0. The van der Waals surface area contributed by atoms with Crippen LogP contribution in [0.1, 0.15) is 19.8 Å². The van der Waals surface area contributed by atoms with Crippen molar-refractivity contribution in [2.45, 2.75) is 30.7 Å². The minimum absolute atomic E-state index is 0.149. The van der Waals surface area contributed by atoms with E-state index in [2.05, 4.69) is 21.5 Å². The summed E-state index contributed by atoms with van der Waals surface area (Å²) >= 11 is 0. The second-order valence-corrected chi connectivity index (χ2v) is 6.44. The van der Waals surface area contributed by atoms with E-state index in [1.54, 1.807) is 0 Å². The van der Waals surface area contributed by atoms with E-state index in [0.717, 1.165) is 13.1 Å². The van der Waals surface area contributed by atoms with E-state index in [1.807, 2.05) is 0 Å². The molecule has 0 bridgehead atoms. The first-order valence-corrected chi connectivity index (χ1v) is 7.96. The van der Waals surface area contributed by atoms with Crippen LogP contribution in [0.25, 0.3) is 0 Å². The topological polar surface area (TPSA) is 88.3 Å². The lowest BCUT2D eigenvalue weighted by Gasteiger charge is -2.19. The van der Waals surface area contributed by atoms with Crippen LogP contribution in [0.15, 0.2) is 23.2 Å². The zero-order valence-corrected chi connectivity index (χ0v) is 11.9. The third-order valence-corrected chi connectivity index (χ3v) is 4.68. The van der Waals surface area contributed by atoms with Crippen molar-refractivity contribution >= 4 is 15.8 Å². The molecule has 1 aromatic heterocycles. The number of nitrogens with two attached hydrogens (primary N) is 1. The molecule has 0 amide bonds. The molecule has 0 aliphatic heterocycles. The number of hydrogen-bond donors (Lipinski definition) is 2. The van der Waals surface area contributed by atoms with Crippen LogP contribution in [-0.2, 0) is 10.0 Å². The molecule has 0 unspecified atom stereocenters. The molecule has 0 aromatic carbocycles. The summed E-state index contributed by atoms with van der Waals surface area (Å²) in [5, 5.41) is 0. The minimum Gasteiger partial charge on any atom is -0.384 e. The van der Waals surface area contributed by atoms with Crippen molar-refractivity contribution < 1.29 is 8.42 Å². The van der Waals surface area contributed by atoms with Gasteiger partial charge >= 0.3 is 0 Å². The number of pyridine rings is 1. The Morgan fingerprint density at radius 3 is 2.74 bits per heavy atom. The number of aromatic nitrogens is 1. The lowest BCUT2D eigenvalue weighted by Crippen LogP contribution is -2.36. The fourth-order valence-electron chi connectivity index (χ4n) is 2.00. The van der Waals surface area contributed by atoms with Crippen molar-refractivity contribution in [1.29, 1.82) is 0 Å². The minimum atomic E-state index is -3.48. The van der Waals surface area contributed by atoms with Gasteiger partial charge in [-0.15, -0.1) is 0 Å². The Morgan fingerprint density at radius 2 is 2.21 bits per heavy atom. The SMILES string of the molecule is CCN(CCNS(=O)(=O)c1ccc(N)nc1)C1CC1. The number of nitrogens with one attached hydrogen (secondary N) is 1. The number of rotatable bonds is 7. The molecular formula is C12H20N4O2S. The molecule has 1 saturated carbocycles. The Bertz CT molecular complexity index is 511. The average molecular weight is 284 g/mol. The lowest BCUT2D eigenvalue weighted by atomic mass is 10.4. The summed E-state index contributed by atoms with van der Waals surface area (Å²) in [4.78, 5) is 6.24. The van der Waals surface area contributed by atoms with Crippen molar-refractivity contribution in [3.63, 3.8) is 0 Å². The van der Waals surface area contributed by atoms with Crippen LogP contribution in [-0.4, -0.2) is 44.0 Å². The Hall–Kier alpha value is -1.18. The van der Waals surface area contributed by atoms with Gasteiger partial charge in [0, 0.05) is 25.3 Å². The van der Waals surface area contributed by atoms with Gasteiger partial charge in [0.25, 0.3) is 0 Å². The molecular weight excluding hydrogens is 264 g/mol. The highest BCUT2D eigenvalue weighted by Crippen LogP contribution is 2.25. The van der Waals surface area contributed by atoms with Crippen LogP contribution >= 0.6 is 0 Å². The number of anilines is 1. The van der Waals surface area contributed by atoms with Crippen molar-refractivity contribution in [3.8, 4) is 0 Å². The van der Waals surface area contributed by atoms with Gasteiger partial charge in [0.05, 0.1) is 0 Å². The molecule has 7 heteroatoms. The standard InChI is InChI=1S/C12H20N4O2S/c1-2-16(10-3-4-10)8-7-15-19(17,18)11-5-6-12(13)14-9-11/h5-6,9-10,15H,2-4,7-8H2,1H3,(H2,13,14). The third-order valence-electron chi connectivity index (χ3n) is 3.23. The molecule has 2 rings (SSSR count). The largest absolute Gasteiger partial charge is 0.384 e. The maximum absolute atomic E-state index is 12.0. The predicted molar refractivity (Wildman–Crippen MR) is 74.1 cm³/mol. The Balaban J connectivity index is 1.88. The van der Waals surface area contributed by atoms with Gasteiger partial charge in [-0.3, -0.25) is 4.90 Å². The summed E-state index contributed by atoms with van der Waals surface area (Å²) in [6.45, 7) is 4.20. The quantitative estimate of drug-likeness (QED) is 0.758. The second-order valence-electron chi connectivity index (χ2n) is 4.68. The molecule has 0 radical (unpaired) electrons. The van der Waals surface area contributed by atoms with E-state index >= 15 is 0 Å². The summed E-state index contributed by atoms with van der Waals surface area (Å²) in [6, 6.07) is 3.59. The fourth-order valence-corrected chi connectivity index (χ4v) is 2.96. The number of hydrogen-bond acceptors (Lipinski definition) is 5. The van der Waals surface area contributed by atoms with E-state index in [0.29, 0.717) is 18.4 Å². The molecule has 0 atom stereocenters. The molecule has 1 aromatic rings. The Morgan fingerprint density at radius 1 is 1.47 bits per heavy atom. The normalized spacial score (nSPS) is 15.9. The molecule has 19 heavy (non-hydrogen) atoms. The lowest BCUT2D eigenvalue weighted by molar-refractivity contribution is 0.282. The number of likely N-dealkylation sites (N-methyl/N-ethyl adjacent to an activating group) is 1. The van der Waals surface area contributed by atoms with Crippen LogP contribution in [0.4, 0.5) is 5.82 Å². The first-order valence-electron chi connectivity index (χ1n) is 6.48. The molecule has 1 aliphatic carbocycles. The van der Waals surface area contributed by atoms with E-state index in [4.69, 9.17) is 5.73 Å². The van der Waals surface area contributed by atoms with Crippen molar-refractivity contribution in [2.75, 3.05) is 25.4 Å². The van der Waals surface area contributed by atoms with E-state index < -0.39 is 10.0 Å². The van der Waals surface area contributed by atoms with E-state index in [1.165, 1.54) is 31.2 Å². The third kappa shape index (κ3) is 3.89. The average Bonchev–Trinajstić information content (AvgIpc) is 3.19. The molecule has 6 nitrogen and oxygen atoms in total. The summed E-state index contributed by atoms with van der Waals surface area (Å²) in [5.74, 6) is 0.310. The van der Waals surface area contributed by atoms with Crippen LogP contribution < -0.4 is 10.5 Å². The second kappa shape index (κ2) is 5.85. The summed E-state index contributed by atoms with van der Waals surface area (Å²) in [7, 11) is -3.48. The molecule has 0 spiro atoms. The Labute approximate surface area is 114 Å². The van der Waals surface area contributed by atoms with Gasteiger partial charge in [-0.05, 0) is 31.5 Å². The number of nitrogen functional groups attached to an aromatic ring is 1. The smallest absolute Gasteiger partial charge is 0.242 e. The molecule has 0 saturated heterocycles. The number of nitrogens with zero attached hydrogens (tertiary/aromatic N) is 2. The van der Waals surface area contributed by atoms with E-state index in [9.17, 15) is 8.42 Å². The van der Waals surface area contributed by atoms with Crippen molar-refractivity contribution in [3.05, 3.63) is 18.3 Å². The first-order chi connectivity index (χ1) is 9.03. The highest BCUT2D eigenvalue weighted by Gasteiger charge is 2.27. The zero-order chi connectivity index (χ0) is 13.9. The fraction of sp³-hybridized carbons (Fsp3) is 0.583. The summed E-state index contributed by atoms with van der Waals surface area (Å²) in [5.41, 5.74) is 5.44. The summed E-state index contributed by atoms with van der Waals surface area (Å²) in [6.07, 6.45) is 3.72. The number of sulfonamides is 1. The van der Waals surface area contributed by atoms with Crippen LogP contribution in [0.5, 0.6) is 0 Å². The predicted octanol–water partition coefficient (Wildman–Crippen LogP) is 0.426. The van der Waals surface area contributed by atoms with Crippen LogP contribution in [0.3, 0.4) is 0 Å².